The smallest absolute Gasteiger partial charge is 0.278 e. The quantitative estimate of drug-likeness (QED) is 0.699. The summed E-state index contributed by atoms with van der Waals surface area (Å²) in [6.45, 7) is 0. The molecule has 0 spiro atoms. The molecule has 0 unspecified atom stereocenters. The molecule has 1 amide bonds. The molecular formula is C17H10ClFN2O2S. The first-order chi connectivity index (χ1) is 11.6. The van der Waals surface area contributed by atoms with Gasteiger partial charge >= 0.3 is 0 Å². The van der Waals surface area contributed by atoms with E-state index in [4.69, 9.17) is 16.1 Å². The summed E-state index contributed by atoms with van der Waals surface area (Å²) in [5.74, 6) is 0.263. The highest BCUT2D eigenvalue weighted by atomic mass is 35.5. The maximum atomic E-state index is 13.2. The van der Waals surface area contributed by atoms with Gasteiger partial charge in [-0.15, -0.1) is 11.8 Å². The summed E-state index contributed by atoms with van der Waals surface area (Å²) in [6.07, 6.45) is 0. The average molecular weight is 361 g/mol. The van der Waals surface area contributed by atoms with Crippen LogP contribution in [0.15, 0.2) is 51.9 Å². The highest BCUT2D eigenvalue weighted by Gasteiger charge is 2.27. The molecule has 3 aromatic rings. The molecule has 0 atom stereocenters. The fraction of sp³-hybridized carbons (Fsp3) is 0.0588. The number of carbonyl (C=O) groups is 1. The predicted octanol–water partition coefficient (Wildman–Crippen LogP) is 4.99. The normalized spacial score (nSPS) is 12.4. The molecule has 4 nitrogen and oxygen atoms in total. The standard InChI is InChI=1S/C17H10ClFN2O2S/c18-12-7-9(5-6-13(12)19)20-17(22)15-11-8-24-14-4-2-1-3-10(14)16(11)23-21-15/h1-7H,8H2,(H,20,22). The van der Waals surface area contributed by atoms with Crippen LogP contribution < -0.4 is 5.32 Å². The van der Waals surface area contributed by atoms with E-state index in [9.17, 15) is 9.18 Å². The zero-order chi connectivity index (χ0) is 16.7. The van der Waals surface area contributed by atoms with E-state index in [1.54, 1.807) is 11.8 Å². The van der Waals surface area contributed by atoms with Crippen molar-refractivity contribution in [2.45, 2.75) is 10.6 Å². The van der Waals surface area contributed by atoms with Crippen LogP contribution >= 0.6 is 23.4 Å². The Kier molecular flexibility index (Phi) is 3.78. The number of rotatable bonds is 2. The topological polar surface area (TPSA) is 55.1 Å². The van der Waals surface area contributed by atoms with Crippen molar-refractivity contribution in [1.82, 2.24) is 5.16 Å². The average Bonchev–Trinajstić information content (AvgIpc) is 3.03. The summed E-state index contributed by atoms with van der Waals surface area (Å²) < 4.78 is 18.6. The van der Waals surface area contributed by atoms with Gasteiger partial charge in [-0.05, 0) is 30.3 Å². The van der Waals surface area contributed by atoms with Gasteiger partial charge in [0.2, 0.25) is 0 Å². The van der Waals surface area contributed by atoms with E-state index in [1.165, 1.54) is 18.2 Å². The summed E-state index contributed by atoms with van der Waals surface area (Å²) in [6, 6.07) is 11.8. The number of anilines is 1. The molecule has 2 heterocycles. The van der Waals surface area contributed by atoms with Crippen LogP contribution in [0.3, 0.4) is 0 Å². The molecule has 0 saturated carbocycles. The largest absolute Gasteiger partial charge is 0.355 e. The number of fused-ring (bicyclic) bond motifs is 3. The van der Waals surface area contributed by atoms with Crippen LogP contribution in [0.1, 0.15) is 16.1 Å². The van der Waals surface area contributed by atoms with Crippen molar-refractivity contribution in [2.24, 2.45) is 0 Å². The van der Waals surface area contributed by atoms with E-state index in [0.29, 0.717) is 17.2 Å². The van der Waals surface area contributed by atoms with Crippen LogP contribution in [0.2, 0.25) is 5.02 Å². The molecule has 1 N–H and O–H groups in total. The third-order valence-corrected chi connectivity index (χ3v) is 5.07. The minimum Gasteiger partial charge on any atom is -0.355 e. The lowest BCUT2D eigenvalue weighted by atomic mass is 10.1. The summed E-state index contributed by atoms with van der Waals surface area (Å²) in [7, 11) is 0. The van der Waals surface area contributed by atoms with E-state index in [1.807, 2.05) is 24.3 Å². The van der Waals surface area contributed by atoms with E-state index >= 15 is 0 Å². The molecule has 4 rings (SSSR count). The van der Waals surface area contributed by atoms with Crippen molar-refractivity contribution >= 4 is 35.0 Å². The van der Waals surface area contributed by atoms with Crippen molar-refractivity contribution in [3.63, 3.8) is 0 Å². The number of amides is 1. The van der Waals surface area contributed by atoms with Gasteiger partial charge in [0.1, 0.15) is 5.82 Å². The summed E-state index contributed by atoms with van der Waals surface area (Å²) >= 11 is 7.36. The molecule has 0 bridgehead atoms. The van der Waals surface area contributed by atoms with Gasteiger partial charge in [0.25, 0.3) is 5.91 Å². The van der Waals surface area contributed by atoms with Crippen LogP contribution in [0.4, 0.5) is 10.1 Å². The number of halogens is 2. The van der Waals surface area contributed by atoms with E-state index in [0.717, 1.165) is 16.0 Å². The first-order valence-electron chi connectivity index (χ1n) is 7.10. The minimum absolute atomic E-state index is 0.0561. The van der Waals surface area contributed by atoms with Crippen molar-refractivity contribution in [3.8, 4) is 11.3 Å². The maximum Gasteiger partial charge on any atom is 0.278 e. The summed E-state index contributed by atoms with van der Waals surface area (Å²) in [5, 5.41) is 6.53. The second-order valence-electron chi connectivity index (χ2n) is 5.21. The molecular weight excluding hydrogens is 351 g/mol. The molecule has 1 aliphatic heterocycles. The molecule has 120 valence electrons. The van der Waals surface area contributed by atoms with Crippen LogP contribution in [0.25, 0.3) is 11.3 Å². The third kappa shape index (κ3) is 2.57. The Morgan fingerprint density at radius 3 is 2.96 bits per heavy atom. The van der Waals surface area contributed by atoms with Gasteiger partial charge in [0.05, 0.1) is 5.02 Å². The van der Waals surface area contributed by atoms with Crippen molar-refractivity contribution in [3.05, 3.63) is 64.6 Å². The van der Waals surface area contributed by atoms with Gasteiger partial charge in [-0.3, -0.25) is 4.79 Å². The molecule has 2 aromatic carbocycles. The Hall–Kier alpha value is -2.31. The molecule has 1 aliphatic rings. The highest BCUT2D eigenvalue weighted by molar-refractivity contribution is 7.98. The minimum atomic E-state index is -0.540. The second-order valence-corrected chi connectivity index (χ2v) is 6.63. The number of benzene rings is 2. The summed E-state index contributed by atoms with van der Waals surface area (Å²) in [5.41, 5.74) is 2.31. The second kappa shape index (κ2) is 5.96. The van der Waals surface area contributed by atoms with Crippen LogP contribution in [-0.2, 0) is 5.75 Å². The lowest BCUT2D eigenvalue weighted by molar-refractivity contribution is 0.101. The van der Waals surface area contributed by atoms with Crippen LogP contribution in [-0.4, -0.2) is 11.1 Å². The lowest BCUT2D eigenvalue weighted by Crippen LogP contribution is -2.14. The van der Waals surface area contributed by atoms with Crippen molar-refractivity contribution in [1.29, 1.82) is 0 Å². The molecule has 7 heteroatoms. The van der Waals surface area contributed by atoms with Gasteiger partial charge in [-0.25, -0.2) is 4.39 Å². The molecule has 0 saturated heterocycles. The van der Waals surface area contributed by atoms with Gasteiger partial charge < -0.3 is 9.84 Å². The van der Waals surface area contributed by atoms with Gasteiger partial charge in [0.15, 0.2) is 11.5 Å². The van der Waals surface area contributed by atoms with Crippen LogP contribution in [0.5, 0.6) is 0 Å². The van der Waals surface area contributed by atoms with Crippen molar-refractivity contribution in [2.75, 3.05) is 5.32 Å². The highest BCUT2D eigenvalue weighted by Crippen LogP contribution is 2.42. The number of thioether (sulfide) groups is 1. The SMILES string of the molecule is O=C(Nc1ccc(F)c(Cl)c1)c1noc2c1CSc1ccccc1-2. The number of aromatic nitrogens is 1. The number of hydrogen-bond donors (Lipinski definition) is 1. The fourth-order valence-electron chi connectivity index (χ4n) is 2.53. The fourth-order valence-corrected chi connectivity index (χ4v) is 3.77. The molecule has 0 aliphatic carbocycles. The number of nitrogens with zero attached hydrogens (tertiary/aromatic N) is 1. The Balaban J connectivity index is 1.65. The van der Waals surface area contributed by atoms with E-state index in [-0.39, 0.29) is 10.7 Å². The Labute approximate surface area is 146 Å². The van der Waals surface area contributed by atoms with E-state index < -0.39 is 11.7 Å². The monoisotopic (exact) mass is 360 g/mol. The number of hydrogen-bond acceptors (Lipinski definition) is 4. The summed E-state index contributed by atoms with van der Waals surface area (Å²) in [4.78, 5) is 13.6. The first-order valence-corrected chi connectivity index (χ1v) is 8.47. The molecule has 0 fully saturated rings. The lowest BCUT2D eigenvalue weighted by Gasteiger charge is -2.13. The maximum absolute atomic E-state index is 13.2. The first kappa shape index (κ1) is 15.2. The zero-order valence-electron chi connectivity index (χ0n) is 12.2. The zero-order valence-corrected chi connectivity index (χ0v) is 13.7. The van der Waals surface area contributed by atoms with Crippen molar-refractivity contribution < 1.29 is 13.7 Å². The van der Waals surface area contributed by atoms with Gasteiger partial charge in [-0.2, -0.15) is 0 Å². The molecule has 1 aromatic heterocycles. The number of carbonyl (C=O) groups excluding carboxylic acids is 1. The Morgan fingerprint density at radius 2 is 2.12 bits per heavy atom. The van der Waals surface area contributed by atoms with Crippen LogP contribution in [0, 0.1) is 5.82 Å². The number of nitrogens with one attached hydrogen (secondary N) is 1. The molecule has 24 heavy (non-hydrogen) atoms. The third-order valence-electron chi connectivity index (χ3n) is 3.68. The Bertz CT molecular complexity index is 958. The van der Waals surface area contributed by atoms with E-state index in [2.05, 4.69) is 10.5 Å². The van der Waals surface area contributed by atoms with Gasteiger partial charge in [0, 0.05) is 27.5 Å². The molecule has 0 radical (unpaired) electrons. The van der Waals surface area contributed by atoms with Gasteiger partial charge in [-0.1, -0.05) is 28.9 Å². The predicted molar refractivity (Wildman–Crippen MR) is 90.9 cm³/mol. The Morgan fingerprint density at radius 1 is 1.29 bits per heavy atom.